The Morgan fingerprint density at radius 1 is 1.03 bits per heavy atom. The number of ether oxygens (including phenoxy) is 1. The fraction of sp³-hybridized carbons (Fsp3) is 0.842. The first kappa shape index (κ1) is 20.7. The highest BCUT2D eigenvalue weighted by Gasteiger charge is 2.35. The Hall–Kier alpha value is -1.52. The van der Waals surface area contributed by atoms with Crippen LogP contribution in [0.5, 0.6) is 0 Å². The molecule has 0 bridgehead atoms. The predicted molar refractivity (Wildman–Crippen MR) is 107 cm³/mol. The van der Waals surface area contributed by atoms with Crippen LogP contribution in [0, 0.1) is 5.92 Å². The molecule has 162 valence electrons. The van der Waals surface area contributed by atoms with E-state index < -0.39 is 10.0 Å². The summed E-state index contributed by atoms with van der Waals surface area (Å²) in [6.07, 6.45) is 3.11. The quantitative estimate of drug-likeness (QED) is 0.713. The van der Waals surface area contributed by atoms with E-state index in [1.54, 1.807) is 18.2 Å². The van der Waals surface area contributed by atoms with Gasteiger partial charge in [0.1, 0.15) is 5.82 Å². The van der Waals surface area contributed by atoms with Gasteiger partial charge in [0.25, 0.3) is 0 Å². The number of piperidine rings is 1. The number of fused-ring (bicyclic) bond motifs is 1. The van der Waals surface area contributed by atoms with Gasteiger partial charge in [0.05, 0.1) is 11.8 Å². The van der Waals surface area contributed by atoms with Crippen LogP contribution in [-0.4, -0.2) is 76.4 Å². The topological polar surface area (TPSA) is 97.6 Å². The Balaban J connectivity index is 1.39. The van der Waals surface area contributed by atoms with E-state index in [4.69, 9.17) is 4.74 Å². The summed E-state index contributed by atoms with van der Waals surface area (Å²) in [5, 5.41) is 8.42. The maximum absolute atomic E-state index is 12.8. The van der Waals surface area contributed by atoms with Gasteiger partial charge in [-0.25, -0.2) is 12.7 Å². The number of amides is 1. The number of carbonyl (C=O) groups excluding carboxylic acids is 1. The van der Waals surface area contributed by atoms with Crippen LogP contribution in [0.3, 0.4) is 0 Å². The summed E-state index contributed by atoms with van der Waals surface area (Å²) in [6, 6.07) is 0. The SMILES string of the molecule is CC(C)S(=O)(=O)N1CCC(c2nnc3n2CCN(C(=O)C2CCOCC2)C3)CC1. The van der Waals surface area contributed by atoms with Crippen LogP contribution in [0.4, 0.5) is 0 Å². The van der Waals surface area contributed by atoms with Crippen molar-refractivity contribution >= 4 is 15.9 Å². The van der Waals surface area contributed by atoms with Gasteiger partial charge in [0.2, 0.25) is 15.9 Å². The van der Waals surface area contributed by atoms with E-state index in [1.165, 1.54) is 0 Å². The normalized spacial score (nSPS) is 22.8. The van der Waals surface area contributed by atoms with E-state index in [0.29, 0.717) is 45.9 Å². The average molecular weight is 426 g/mol. The second-order valence-corrected chi connectivity index (χ2v) is 11.0. The fourth-order valence-corrected chi connectivity index (χ4v) is 5.86. The van der Waals surface area contributed by atoms with Gasteiger partial charge in [-0.3, -0.25) is 4.79 Å². The van der Waals surface area contributed by atoms with Crippen molar-refractivity contribution < 1.29 is 17.9 Å². The summed E-state index contributed by atoms with van der Waals surface area (Å²) in [7, 11) is -3.20. The third-order valence-electron chi connectivity index (χ3n) is 6.44. The number of aromatic nitrogens is 3. The highest BCUT2D eigenvalue weighted by molar-refractivity contribution is 7.89. The van der Waals surface area contributed by atoms with E-state index in [-0.39, 0.29) is 23.0 Å². The van der Waals surface area contributed by atoms with Crippen LogP contribution >= 0.6 is 0 Å². The maximum Gasteiger partial charge on any atom is 0.226 e. The third-order valence-corrected chi connectivity index (χ3v) is 8.72. The first-order valence-electron chi connectivity index (χ1n) is 10.7. The van der Waals surface area contributed by atoms with E-state index in [0.717, 1.165) is 37.3 Å². The van der Waals surface area contributed by atoms with Crippen LogP contribution in [0.2, 0.25) is 0 Å². The molecule has 1 amide bonds. The van der Waals surface area contributed by atoms with Gasteiger partial charge in [0, 0.05) is 51.2 Å². The van der Waals surface area contributed by atoms with Crippen LogP contribution in [-0.2, 0) is 32.6 Å². The van der Waals surface area contributed by atoms with Crippen molar-refractivity contribution in [2.45, 2.75) is 63.8 Å². The van der Waals surface area contributed by atoms with Gasteiger partial charge >= 0.3 is 0 Å². The lowest BCUT2D eigenvalue weighted by molar-refractivity contribution is -0.140. The summed E-state index contributed by atoms with van der Waals surface area (Å²) in [5.41, 5.74) is 0. The highest BCUT2D eigenvalue weighted by Crippen LogP contribution is 2.30. The van der Waals surface area contributed by atoms with Gasteiger partial charge in [-0.05, 0) is 39.5 Å². The molecule has 3 aliphatic heterocycles. The fourth-order valence-electron chi connectivity index (χ4n) is 4.54. The minimum absolute atomic E-state index is 0.0601. The monoisotopic (exact) mass is 425 g/mol. The number of hydrogen-bond acceptors (Lipinski definition) is 6. The van der Waals surface area contributed by atoms with E-state index in [1.807, 2.05) is 4.90 Å². The molecule has 0 unspecified atom stereocenters. The van der Waals surface area contributed by atoms with Crippen molar-refractivity contribution in [2.75, 3.05) is 32.8 Å². The first-order chi connectivity index (χ1) is 13.9. The van der Waals surface area contributed by atoms with Crippen LogP contribution < -0.4 is 0 Å². The lowest BCUT2D eigenvalue weighted by Crippen LogP contribution is -2.44. The first-order valence-corrected chi connectivity index (χ1v) is 12.2. The molecule has 2 saturated heterocycles. The molecule has 0 radical (unpaired) electrons. The maximum atomic E-state index is 12.8. The molecular formula is C19H31N5O4S. The molecule has 0 aliphatic carbocycles. The zero-order valence-electron chi connectivity index (χ0n) is 17.3. The molecule has 0 spiro atoms. The molecule has 29 heavy (non-hydrogen) atoms. The zero-order valence-corrected chi connectivity index (χ0v) is 18.1. The minimum Gasteiger partial charge on any atom is -0.381 e. The van der Waals surface area contributed by atoms with Crippen molar-refractivity contribution in [1.82, 2.24) is 24.0 Å². The molecule has 3 aliphatic rings. The summed E-state index contributed by atoms with van der Waals surface area (Å²) in [5.74, 6) is 2.26. The highest BCUT2D eigenvalue weighted by atomic mass is 32.2. The smallest absolute Gasteiger partial charge is 0.226 e. The molecule has 4 heterocycles. The molecule has 0 saturated carbocycles. The minimum atomic E-state index is -3.20. The van der Waals surface area contributed by atoms with Gasteiger partial charge in [0.15, 0.2) is 5.82 Å². The Kier molecular flexibility index (Phi) is 5.94. The lowest BCUT2D eigenvalue weighted by Gasteiger charge is -2.34. The average Bonchev–Trinajstić information content (AvgIpc) is 3.17. The largest absolute Gasteiger partial charge is 0.381 e. The molecule has 0 aromatic carbocycles. The molecule has 9 nitrogen and oxygen atoms in total. The second kappa shape index (κ2) is 8.31. The van der Waals surface area contributed by atoms with Crippen molar-refractivity contribution in [3.05, 3.63) is 11.6 Å². The van der Waals surface area contributed by atoms with Gasteiger partial charge < -0.3 is 14.2 Å². The molecule has 0 atom stereocenters. The molecule has 1 aromatic rings. The second-order valence-electron chi connectivity index (χ2n) is 8.54. The van der Waals surface area contributed by atoms with Crippen molar-refractivity contribution in [1.29, 1.82) is 0 Å². The lowest BCUT2D eigenvalue weighted by atomic mass is 9.97. The number of sulfonamides is 1. The van der Waals surface area contributed by atoms with Gasteiger partial charge in [-0.15, -0.1) is 10.2 Å². The Morgan fingerprint density at radius 3 is 2.38 bits per heavy atom. The number of hydrogen-bond donors (Lipinski definition) is 0. The van der Waals surface area contributed by atoms with Gasteiger partial charge in [-0.1, -0.05) is 0 Å². The molecule has 0 N–H and O–H groups in total. The van der Waals surface area contributed by atoms with Crippen LogP contribution in [0.15, 0.2) is 0 Å². The predicted octanol–water partition coefficient (Wildman–Crippen LogP) is 0.964. The molecule has 2 fully saturated rings. The molecular weight excluding hydrogens is 394 g/mol. The Morgan fingerprint density at radius 2 is 1.72 bits per heavy atom. The van der Waals surface area contributed by atoms with Crippen LogP contribution in [0.1, 0.15) is 57.1 Å². The van der Waals surface area contributed by atoms with E-state index in [9.17, 15) is 13.2 Å². The Bertz CT molecular complexity index is 839. The summed E-state index contributed by atoms with van der Waals surface area (Å²) in [6.45, 7) is 7.72. The summed E-state index contributed by atoms with van der Waals surface area (Å²) in [4.78, 5) is 14.7. The van der Waals surface area contributed by atoms with Crippen molar-refractivity contribution in [3.8, 4) is 0 Å². The molecule has 10 heteroatoms. The standard InChI is InChI=1S/C19H31N5O4S/c1-14(2)29(26,27)23-7-3-15(4-8-23)18-21-20-17-13-22(9-10-24(17)18)19(25)16-5-11-28-12-6-16/h14-16H,3-13H2,1-2H3. The van der Waals surface area contributed by atoms with E-state index >= 15 is 0 Å². The van der Waals surface area contributed by atoms with Crippen molar-refractivity contribution in [2.24, 2.45) is 5.92 Å². The van der Waals surface area contributed by atoms with Gasteiger partial charge in [-0.2, -0.15) is 0 Å². The number of carbonyl (C=O) groups is 1. The van der Waals surface area contributed by atoms with E-state index in [2.05, 4.69) is 14.8 Å². The summed E-state index contributed by atoms with van der Waals surface area (Å²) < 4.78 is 33.9. The number of nitrogens with zero attached hydrogens (tertiary/aromatic N) is 5. The van der Waals surface area contributed by atoms with Crippen LogP contribution in [0.25, 0.3) is 0 Å². The molecule has 1 aromatic heterocycles. The molecule has 4 rings (SSSR count). The third kappa shape index (κ3) is 4.06. The zero-order chi connectivity index (χ0) is 20.6. The number of rotatable bonds is 4. The van der Waals surface area contributed by atoms with Crippen molar-refractivity contribution in [3.63, 3.8) is 0 Å². The Labute approximate surface area is 172 Å². The summed E-state index contributed by atoms with van der Waals surface area (Å²) >= 11 is 0.